The van der Waals surface area contributed by atoms with Crippen LogP contribution in [-0.2, 0) is 23.8 Å². The van der Waals surface area contributed by atoms with Gasteiger partial charge in [-0.2, -0.15) is 11.8 Å². The van der Waals surface area contributed by atoms with E-state index in [1.165, 1.54) is 11.8 Å². The molecule has 1 heterocycles. The molecule has 1 N–H and O–H groups in total. The first-order chi connectivity index (χ1) is 11.5. The molecular weight excluding hydrogens is 332 g/mol. The summed E-state index contributed by atoms with van der Waals surface area (Å²) >= 11 is 1.49. The minimum absolute atomic E-state index is 0.171. The van der Waals surface area contributed by atoms with Gasteiger partial charge in [0.25, 0.3) is 0 Å². The van der Waals surface area contributed by atoms with Gasteiger partial charge in [-0.1, -0.05) is 12.7 Å². The van der Waals surface area contributed by atoms with Crippen LogP contribution in [-0.4, -0.2) is 53.7 Å². The van der Waals surface area contributed by atoms with Crippen LogP contribution in [0.1, 0.15) is 12.8 Å². The third-order valence-corrected chi connectivity index (χ3v) is 5.99. The summed E-state index contributed by atoms with van der Waals surface area (Å²) in [6.45, 7) is 6.81. The van der Waals surface area contributed by atoms with E-state index in [2.05, 4.69) is 13.2 Å². The fourth-order valence-corrected chi connectivity index (χ4v) is 4.62. The van der Waals surface area contributed by atoms with Crippen LogP contribution in [0.4, 0.5) is 0 Å². The van der Waals surface area contributed by atoms with E-state index >= 15 is 0 Å². The second kappa shape index (κ2) is 7.29. The monoisotopic (exact) mass is 354 g/mol. The molecule has 6 atom stereocenters. The predicted molar refractivity (Wildman–Crippen MR) is 88.1 cm³/mol. The van der Waals surface area contributed by atoms with Gasteiger partial charge in [-0.05, 0) is 24.7 Å². The highest BCUT2D eigenvalue weighted by Gasteiger charge is 2.62. The molecule has 7 heteroatoms. The smallest absolute Gasteiger partial charge is 0.344 e. The molecule has 2 aliphatic carbocycles. The fourth-order valence-electron chi connectivity index (χ4n) is 3.97. The molecule has 24 heavy (non-hydrogen) atoms. The summed E-state index contributed by atoms with van der Waals surface area (Å²) in [5.74, 6) is 0.634. The van der Waals surface area contributed by atoms with Crippen molar-refractivity contribution < 1.29 is 28.9 Å². The zero-order valence-corrected chi connectivity index (χ0v) is 14.2. The van der Waals surface area contributed by atoms with Crippen LogP contribution in [0.2, 0.25) is 0 Å². The lowest BCUT2D eigenvalue weighted by Gasteiger charge is -2.26. The summed E-state index contributed by atoms with van der Waals surface area (Å²) in [4.78, 5) is 23.7. The maximum Gasteiger partial charge on any atom is 0.344 e. The molecule has 3 rings (SSSR count). The topological polar surface area (TPSA) is 82.1 Å². The van der Waals surface area contributed by atoms with Gasteiger partial charge in [-0.3, -0.25) is 0 Å². The SMILES string of the molecule is C=CCSCC(=C)C(=O)OCC(=O)OC1C2CC3C(O)OC1C3C2. The van der Waals surface area contributed by atoms with E-state index in [0.29, 0.717) is 17.1 Å². The Hall–Kier alpha value is -1.31. The summed E-state index contributed by atoms with van der Waals surface area (Å²) in [6.07, 6.45) is 2.15. The van der Waals surface area contributed by atoms with E-state index in [1.807, 2.05) is 0 Å². The van der Waals surface area contributed by atoms with Gasteiger partial charge < -0.3 is 19.3 Å². The molecule has 132 valence electrons. The van der Waals surface area contributed by atoms with Gasteiger partial charge in [-0.15, -0.1) is 6.58 Å². The molecule has 0 aromatic rings. The van der Waals surface area contributed by atoms with Gasteiger partial charge in [0.2, 0.25) is 0 Å². The van der Waals surface area contributed by atoms with Crippen LogP contribution in [0.15, 0.2) is 24.8 Å². The highest BCUT2D eigenvalue weighted by Crippen LogP contribution is 2.56. The number of rotatable bonds is 8. The Kier molecular flexibility index (Phi) is 5.32. The van der Waals surface area contributed by atoms with Crippen molar-refractivity contribution in [2.45, 2.75) is 31.3 Å². The van der Waals surface area contributed by atoms with Crippen molar-refractivity contribution in [3.8, 4) is 0 Å². The molecule has 6 unspecified atom stereocenters. The number of thioether (sulfide) groups is 1. The van der Waals surface area contributed by atoms with E-state index < -0.39 is 24.8 Å². The number of ether oxygens (including phenoxy) is 3. The molecule has 2 bridgehead atoms. The van der Waals surface area contributed by atoms with E-state index in [-0.39, 0.29) is 30.0 Å². The standard InChI is InChI=1S/C17H22O6S/c1-3-4-24-8-9(2)16(19)21-7-13(18)22-14-10-5-11-12(6-10)17(20)23-15(11)14/h3,10-12,14-15,17,20H,1-2,4-8H2. The summed E-state index contributed by atoms with van der Waals surface area (Å²) in [5, 5.41) is 9.82. The van der Waals surface area contributed by atoms with Gasteiger partial charge in [-0.25, -0.2) is 9.59 Å². The number of carbonyl (C=O) groups is 2. The van der Waals surface area contributed by atoms with Gasteiger partial charge in [0.1, 0.15) is 12.2 Å². The molecule has 1 saturated heterocycles. The number of aliphatic hydroxyl groups excluding tert-OH is 1. The third kappa shape index (κ3) is 3.38. The normalized spacial score (nSPS) is 35.7. The molecule has 2 saturated carbocycles. The first kappa shape index (κ1) is 17.5. The average molecular weight is 354 g/mol. The molecule has 0 aromatic heterocycles. The largest absolute Gasteiger partial charge is 0.457 e. The van der Waals surface area contributed by atoms with E-state index in [4.69, 9.17) is 14.2 Å². The summed E-state index contributed by atoms with van der Waals surface area (Å²) in [6, 6.07) is 0. The summed E-state index contributed by atoms with van der Waals surface area (Å²) in [7, 11) is 0. The maximum atomic E-state index is 12.0. The summed E-state index contributed by atoms with van der Waals surface area (Å²) in [5.41, 5.74) is 0.305. The van der Waals surface area contributed by atoms with Crippen LogP contribution < -0.4 is 0 Å². The molecular formula is C17H22O6S. The quantitative estimate of drug-likeness (QED) is 0.304. The first-order valence-electron chi connectivity index (χ1n) is 8.07. The van der Waals surface area contributed by atoms with Gasteiger partial charge in [0, 0.05) is 23.0 Å². The van der Waals surface area contributed by atoms with Crippen LogP contribution in [0, 0.1) is 17.8 Å². The van der Waals surface area contributed by atoms with Crippen LogP contribution in [0.3, 0.4) is 0 Å². The van der Waals surface area contributed by atoms with Crippen molar-refractivity contribution in [2.24, 2.45) is 17.8 Å². The number of esters is 2. The van der Waals surface area contributed by atoms with Crippen molar-refractivity contribution in [2.75, 3.05) is 18.1 Å². The molecule has 0 amide bonds. The highest BCUT2D eigenvalue weighted by atomic mass is 32.2. The van der Waals surface area contributed by atoms with Crippen molar-refractivity contribution in [1.29, 1.82) is 0 Å². The Morgan fingerprint density at radius 3 is 2.83 bits per heavy atom. The minimum atomic E-state index is -0.747. The van der Waals surface area contributed by atoms with E-state index in [0.717, 1.165) is 12.8 Å². The van der Waals surface area contributed by atoms with E-state index in [1.54, 1.807) is 6.08 Å². The number of fused-ring (bicyclic) bond motifs is 1. The Labute approximate surface area is 145 Å². The third-order valence-electron chi connectivity index (χ3n) is 4.96. The maximum absolute atomic E-state index is 12.0. The second-order valence-corrected chi connectivity index (χ2v) is 7.52. The summed E-state index contributed by atoms with van der Waals surface area (Å²) < 4.78 is 15.9. The zero-order valence-electron chi connectivity index (χ0n) is 13.4. The highest BCUT2D eigenvalue weighted by molar-refractivity contribution is 7.99. The lowest BCUT2D eigenvalue weighted by Crippen LogP contribution is -2.37. The Bertz CT molecular complexity index is 547. The van der Waals surface area contributed by atoms with Crippen molar-refractivity contribution in [3.05, 3.63) is 24.8 Å². The number of hydrogen-bond donors (Lipinski definition) is 1. The molecule has 0 radical (unpaired) electrons. The predicted octanol–water partition coefficient (Wildman–Crippen LogP) is 1.29. The Balaban J connectivity index is 1.41. The lowest BCUT2D eigenvalue weighted by atomic mass is 9.87. The lowest BCUT2D eigenvalue weighted by molar-refractivity contribution is -0.172. The van der Waals surface area contributed by atoms with Crippen LogP contribution in [0.5, 0.6) is 0 Å². The average Bonchev–Trinajstić information content (AvgIpc) is 3.17. The molecule has 3 fully saturated rings. The Morgan fingerprint density at radius 1 is 1.33 bits per heavy atom. The van der Waals surface area contributed by atoms with Gasteiger partial charge >= 0.3 is 11.9 Å². The molecule has 0 aromatic carbocycles. The minimum Gasteiger partial charge on any atom is -0.457 e. The molecule has 3 aliphatic rings. The molecule has 0 spiro atoms. The van der Waals surface area contributed by atoms with Crippen molar-refractivity contribution >= 4 is 23.7 Å². The van der Waals surface area contributed by atoms with Gasteiger partial charge in [0.15, 0.2) is 12.9 Å². The first-order valence-corrected chi connectivity index (χ1v) is 9.23. The van der Waals surface area contributed by atoms with Crippen LogP contribution in [0.25, 0.3) is 0 Å². The number of carbonyl (C=O) groups excluding carboxylic acids is 2. The van der Waals surface area contributed by atoms with Crippen molar-refractivity contribution in [1.82, 2.24) is 0 Å². The fraction of sp³-hybridized carbons (Fsp3) is 0.647. The number of aliphatic hydroxyl groups is 1. The second-order valence-electron chi connectivity index (χ2n) is 6.49. The Morgan fingerprint density at radius 2 is 2.08 bits per heavy atom. The zero-order chi connectivity index (χ0) is 17.3. The van der Waals surface area contributed by atoms with Crippen molar-refractivity contribution in [3.63, 3.8) is 0 Å². The molecule has 6 nitrogen and oxygen atoms in total. The van der Waals surface area contributed by atoms with Crippen LogP contribution >= 0.6 is 11.8 Å². The molecule has 1 aliphatic heterocycles. The van der Waals surface area contributed by atoms with Gasteiger partial charge in [0.05, 0.1) is 0 Å². The van der Waals surface area contributed by atoms with E-state index in [9.17, 15) is 14.7 Å². The number of hydrogen-bond acceptors (Lipinski definition) is 7.